The second kappa shape index (κ2) is 80.2. The summed E-state index contributed by atoms with van der Waals surface area (Å²) in [5.74, 6) is 4.81. The van der Waals surface area contributed by atoms with Gasteiger partial charge < -0.3 is 36.2 Å². The lowest BCUT2D eigenvalue weighted by atomic mass is 9.74. The van der Waals surface area contributed by atoms with Gasteiger partial charge in [0.25, 0.3) is 0 Å². The molecular formula is C133H223O9P3. The first-order valence-electron chi connectivity index (χ1n) is 61.5. The highest BCUT2D eigenvalue weighted by atomic mass is 31.2. The van der Waals surface area contributed by atoms with Crippen LogP contribution in [0.5, 0.6) is 34.5 Å². The molecule has 6 aromatic rings. The third-order valence-electron chi connectivity index (χ3n) is 30.2. The van der Waals surface area contributed by atoms with E-state index in [1.807, 2.05) is 0 Å². The average molecular weight is 2060 g/mol. The van der Waals surface area contributed by atoms with E-state index >= 15 is 0 Å². The van der Waals surface area contributed by atoms with E-state index < -0.39 is 25.8 Å². The van der Waals surface area contributed by atoms with Crippen molar-refractivity contribution in [1.82, 2.24) is 0 Å². The summed E-state index contributed by atoms with van der Waals surface area (Å²) in [5, 5.41) is 0. The smallest absolute Gasteiger partial charge is 0.426 e. The van der Waals surface area contributed by atoms with Gasteiger partial charge in [-0.2, -0.15) is 0 Å². The summed E-state index contributed by atoms with van der Waals surface area (Å²) in [7, 11) is -5.56. The topological polar surface area (TPSA) is 83.1 Å². The van der Waals surface area contributed by atoms with Crippen LogP contribution < -0.4 is 27.1 Å². The van der Waals surface area contributed by atoms with Gasteiger partial charge in [0.15, 0.2) is 0 Å². The SMILES string of the molecule is CCCCCCCCCCCCCCCCCCOP(OCCCCCCCCCCCCCCCCCC)Oc1cc(C)c(C(CC(C)c2cc(C(C)(C)C)c(OP(Oc3cccc(CCCCCCCC)c3)Oc3cccc(CCCCCCCC)c3)cc2C)c2cc(C(C)(C)C)c(OP(OCCCCCCCCCCCCCCCCCC)Oc3cccc(CCCCCCCC)c3)cc2C)cc1C(C)(C)C. The quantitative estimate of drug-likeness (QED) is 0.0274. The first kappa shape index (κ1) is 129. The summed E-state index contributed by atoms with van der Waals surface area (Å²) in [6.45, 7) is 46.2. The van der Waals surface area contributed by atoms with Crippen molar-refractivity contribution in [3.8, 4) is 34.5 Å². The monoisotopic (exact) mass is 2060 g/mol. The molecule has 824 valence electrons. The number of unbranched alkanes of at least 4 members (excludes halogenated alkanes) is 60. The molecule has 0 bridgehead atoms. The summed E-state index contributed by atoms with van der Waals surface area (Å²) in [6, 6.07) is 40.7. The number of hydrogen-bond acceptors (Lipinski definition) is 9. The normalized spacial score (nSPS) is 12.7. The van der Waals surface area contributed by atoms with Crippen LogP contribution in [0.4, 0.5) is 0 Å². The number of aryl methyl sites for hydroxylation is 6. The van der Waals surface area contributed by atoms with Crippen LogP contribution >= 0.6 is 25.8 Å². The Balaban J connectivity index is 1.40. The van der Waals surface area contributed by atoms with E-state index in [-0.39, 0.29) is 28.1 Å². The van der Waals surface area contributed by atoms with Gasteiger partial charge >= 0.3 is 25.8 Å². The predicted octanol–water partition coefficient (Wildman–Crippen LogP) is 46.4. The highest BCUT2D eigenvalue weighted by Gasteiger charge is 2.35. The molecule has 0 saturated heterocycles. The van der Waals surface area contributed by atoms with E-state index in [9.17, 15) is 0 Å². The first-order valence-corrected chi connectivity index (χ1v) is 64.8. The van der Waals surface area contributed by atoms with Crippen LogP contribution in [0.3, 0.4) is 0 Å². The van der Waals surface area contributed by atoms with Gasteiger partial charge in [-0.25, -0.2) is 0 Å². The molecule has 145 heavy (non-hydrogen) atoms. The molecule has 0 saturated carbocycles. The standard InChI is InChI=1S/C133H223O9P3/c1-20-26-32-38-44-47-50-53-56-59-62-65-68-71-77-83-98-134-143(135-99-84-78-72-69-66-63-60-57-54-51-48-45-39-33-27-21-2)140-128-103-113(9)122(109-126(128)132(14,15)16)124(101-111(7)121-108-125(131(11,12)13)130(102-112(121)8)142-145(138-119-96-87-93-116(106-119)90-81-75-42-36-30-24-5)139-120-97-88-94-117(107-120)91-82-76-43-37-31-25-6)123-110-127(133(17,18)19)129(104-114(123)10)141-144(137-118-95-86-92-115(105-118)89-80-74-41-35-29-23-4)136-100-85-79-73-70-67-64-61-58-55-52-49-46-40-34-28-22-3/h86-88,92-97,102-111,124H,20-85,89-91,98-101H2,1-19H3. The molecular weight excluding hydrogens is 1830 g/mol. The molecule has 0 aliphatic rings. The van der Waals surface area contributed by atoms with Crippen molar-refractivity contribution in [1.29, 1.82) is 0 Å². The third kappa shape index (κ3) is 58.3. The van der Waals surface area contributed by atoms with E-state index in [0.717, 1.165) is 128 Å². The molecule has 0 spiro atoms. The second-order valence-electron chi connectivity index (χ2n) is 47.2. The Bertz CT molecular complexity index is 4070. The molecule has 0 fully saturated rings. The highest BCUT2D eigenvalue weighted by molar-refractivity contribution is 7.43. The first-order chi connectivity index (χ1) is 70.4. The Morgan fingerprint density at radius 3 is 0.683 bits per heavy atom. The van der Waals surface area contributed by atoms with Crippen molar-refractivity contribution < 1.29 is 40.7 Å². The van der Waals surface area contributed by atoms with E-state index in [1.54, 1.807) is 0 Å². The molecule has 9 nitrogen and oxygen atoms in total. The Hall–Kier alpha value is -4.71. The summed E-state index contributed by atoms with van der Waals surface area (Å²) in [5.41, 5.74) is 13.7. The number of benzene rings is 6. The minimum absolute atomic E-state index is 0.0690. The predicted molar refractivity (Wildman–Crippen MR) is 636 cm³/mol. The Labute approximate surface area is 899 Å². The molecule has 0 heterocycles. The lowest BCUT2D eigenvalue weighted by Crippen LogP contribution is -2.19. The van der Waals surface area contributed by atoms with Crippen molar-refractivity contribution in [2.45, 2.75) is 609 Å². The van der Waals surface area contributed by atoms with Crippen LogP contribution in [0.1, 0.15) is 620 Å². The van der Waals surface area contributed by atoms with Crippen LogP contribution in [-0.2, 0) is 49.1 Å². The lowest BCUT2D eigenvalue weighted by molar-refractivity contribution is 0.197. The minimum Gasteiger partial charge on any atom is -0.426 e. The van der Waals surface area contributed by atoms with Gasteiger partial charge in [-0.05, 0) is 212 Å². The molecule has 0 radical (unpaired) electrons. The fraction of sp³-hybridized carbons (Fsp3) is 0.729. The maximum Gasteiger partial charge on any atom is 0.530 e. The Morgan fingerprint density at radius 1 is 0.221 bits per heavy atom. The van der Waals surface area contributed by atoms with Crippen LogP contribution in [-0.4, -0.2) is 19.8 Å². The van der Waals surface area contributed by atoms with Crippen molar-refractivity contribution in [2.24, 2.45) is 0 Å². The Morgan fingerprint density at radius 2 is 0.428 bits per heavy atom. The van der Waals surface area contributed by atoms with E-state index in [2.05, 4.69) is 241 Å². The van der Waals surface area contributed by atoms with Crippen LogP contribution in [0, 0.1) is 20.8 Å². The van der Waals surface area contributed by atoms with Crippen LogP contribution in [0.15, 0.2) is 109 Å². The zero-order valence-corrected chi connectivity index (χ0v) is 100. The van der Waals surface area contributed by atoms with E-state index in [1.165, 1.54) is 422 Å². The molecule has 6 aromatic carbocycles. The maximum atomic E-state index is 7.45. The molecule has 3 unspecified atom stereocenters. The maximum absolute atomic E-state index is 7.45. The van der Waals surface area contributed by atoms with Gasteiger partial charge in [0.1, 0.15) is 34.5 Å². The van der Waals surface area contributed by atoms with E-state index in [4.69, 9.17) is 40.7 Å². The van der Waals surface area contributed by atoms with Crippen LogP contribution in [0.25, 0.3) is 0 Å². The van der Waals surface area contributed by atoms with Crippen molar-refractivity contribution in [3.63, 3.8) is 0 Å². The van der Waals surface area contributed by atoms with Gasteiger partial charge in [-0.1, -0.05) is 551 Å². The molecule has 0 N–H and O–H groups in total. The van der Waals surface area contributed by atoms with E-state index in [0.29, 0.717) is 19.8 Å². The largest absolute Gasteiger partial charge is 0.530 e. The second-order valence-corrected chi connectivity index (χ2v) is 50.4. The molecule has 12 heteroatoms. The summed E-state index contributed by atoms with van der Waals surface area (Å²) in [6.07, 6.45) is 90.4. The fourth-order valence-electron chi connectivity index (χ4n) is 20.9. The fourth-order valence-corrected chi connectivity index (χ4v) is 24.0. The number of hydrogen-bond donors (Lipinski definition) is 0. The highest BCUT2D eigenvalue weighted by Crippen LogP contribution is 2.53. The zero-order valence-electron chi connectivity index (χ0n) is 97.7. The van der Waals surface area contributed by atoms with Gasteiger partial charge in [0.2, 0.25) is 0 Å². The molecule has 0 aromatic heterocycles. The Kier molecular flexibility index (Phi) is 71.3. The van der Waals surface area contributed by atoms with Crippen LogP contribution in [0.2, 0.25) is 0 Å². The molecule has 0 aliphatic heterocycles. The summed E-state index contributed by atoms with van der Waals surface area (Å²) < 4.78 is 64.4. The van der Waals surface area contributed by atoms with Crippen molar-refractivity contribution in [3.05, 3.63) is 176 Å². The van der Waals surface area contributed by atoms with Crippen molar-refractivity contribution in [2.75, 3.05) is 19.8 Å². The number of rotatable bonds is 92. The molecule has 6 rings (SSSR count). The zero-order chi connectivity index (χ0) is 104. The van der Waals surface area contributed by atoms with Gasteiger partial charge in [-0.3, -0.25) is 4.52 Å². The summed E-state index contributed by atoms with van der Waals surface area (Å²) >= 11 is 0. The minimum atomic E-state index is -1.99. The van der Waals surface area contributed by atoms with Gasteiger partial charge in [0, 0.05) is 22.6 Å². The third-order valence-corrected chi connectivity index (χ3v) is 33.5. The molecule has 0 amide bonds. The summed E-state index contributed by atoms with van der Waals surface area (Å²) in [4.78, 5) is 0. The average Bonchev–Trinajstić information content (AvgIpc) is 0.753. The molecule has 0 aliphatic carbocycles. The van der Waals surface area contributed by atoms with Gasteiger partial charge in [0.05, 0.1) is 19.8 Å². The lowest BCUT2D eigenvalue weighted by Gasteiger charge is -2.33. The van der Waals surface area contributed by atoms with Gasteiger partial charge in [-0.15, -0.1) is 0 Å². The van der Waals surface area contributed by atoms with Crippen molar-refractivity contribution >= 4 is 25.8 Å². The molecule has 3 atom stereocenters.